The number of urea groups is 1. The van der Waals surface area contributed by atoms with Gasteiger partial charge in [-0.3, -0.25) is 14.5 Å². The molecule has 1 saturated carbocycles. The van der Waals surface area contributed by atoms with Crippen molar-refractivity contribution in [2.75, 3.05) is 6.54 Å². The Hall–Kier alpha value is -1.89. The maximum Gasteiger partial charge on any atom is 0.325 e. The first-order valence-electron chi connectivity index (χ1n) is 9.09. The normalized spacial score (nSPS) is 24.3. The number of carbonyl (C=O) groups is 3. The minimum Gasteiger partial charge on any atom is -0.352 e. The molecule has 6 nitrogen and oxygen atoms in total. The zero-order valence-electron chi connectivity index (χ0n) is 14.9. The summed E-state index contributed by atoms with van der Waals surface area (Å²) in [5, 5.41) is 5.71. The number of benzene rings is 1. The average Bonchev–Trinajstić information content (AvgIpc) is 2.79. The van der Waals surface area contributed by atoms with Gasteiger partial charge in [0, 0.05) is 10.5 Å². The molecule has 140 valence electrons. The number of hydrogen-bond acceptors (Lipinski definition) is 3. The quantitative estimate of drug-likeness (QED) is 0.579. The van der Waals surface area contributed by atoms with E-state index >= 15 is 0 Å². The lowest BCUT2D eigenvalue weighted by atomic mass is 9.92. The lowest BCUT2D eigenvalue weighted by Crippen LogP contribution is -2.45. The van der Waals surface area contributed by atoms with Gasteiger partial charge in [0.2, 0.25) is 5.91 Å². The maximum atomic E-state index is 12.9. The second-order valence-corrected chi connectivity index (χ2v) is 8.13. The molecule has 1 aliphatic carbocycles. The van der Waals surface area contributed by atoms with Crippen LogP contribution in [0.25, 0.3) is 0 Å². The van der Waals surface area contributed by atoms with Crippen molar-refractivity contribution in [1.29, 1.82) is 0 Å². The zero-order valence-corrected chi connectivity index (χ0v) is 16.5. The molecule has 1 aromatic carbocycles. The first kappa shape index (κ1) is 18.9. The van der Waals surface area contributed by atoms with Crippen LogP contribution in [0.4, 0.5) is 4.79 Å². The van der Waals surface area contributed by atoms with Crippen molar-refractivity contribution in [1.82, 2.24) is 15.5 Å². The van der Waals surface area contributed by atoms with E-state index in [0.717, 1.165) is 35.1 Å². The van der Waals surface area contributed by atoms with Crippen molar-refractivity contribution in [3.8, 4) is 0 Å². The van der Waals surface area contributed by atoms with E-state index in [0.29, 0.717) is 5.56 Å². The number of imide groups is 1. The average molecular weight is 422 g/mol. The Morgan fingerprint density at radius 2 is 1.96 bits per heavy atom. The molecule has 1 aromatic rings. The van der Waals surface area contributed by atoms with E-state index in [9.17, 15) is 14.4 Å². The summed E-state index contributed by atoms with van der Waals surface area (Å²) < 4.78 is 0.822. The van der Waals surface area contributed by atoms with Crippen LogP contribution in [-0.2, 0) is 15.1 Å². The van der Waals surface area contributed by atoms with E-state index in [4.69, 9.17) is 0 Å². The zero-order chi connectivity index (χ0) is 18.7. The molecular formula is C19H24BrN3O3. The van der Waals surface area contributed by atoms with Crippen molar-refractivity contribution in [3.63, 3.8) is 0 Å². The molecule has 0 radical (unpaired) electrons. The van der Waals surface area contributed by atoms with Gasteiger partial charge in [-0.25, -0.2) is 4.79 Å². The van der Waals surface area contributed by atoms with Crippen LogP contribution in [0.1, 0.15) is 51.0 Å². The van der Waals surface area contributed by atoms with Crippen LogP contribution in [0.15, 0.2) is 28.7 Å². The third-order valence-electron chi connectivity index (χ3n) is 5.20. The summed E-state index contributed by atoms with van der Waals surface area (Å²) in [6.45, 7) is 1.42. The van der Waals surface area contributed by atoms with Gasteiger partial charge in [-0.1, -0.05) is 53.7 Å². The summed E-state index contributed by atoms with van der Waals surface area (Å²) in [6, 6.07) is 6.86. The second kappa shape index (κ2) is 7.78. The lowest BCUT2D eigenvalue weighted by molar-refractivity contribution is -0.135. The van der Waals surface area contributed by atoms with E-state index in [-0.39, 0.29) is 18.5 Å². The van der Waals surface area contributed by atoms with Crippen LogP contribution >= 0.6 is 15.9 Å². The Morgan fingerprint density at radius 3 is 2.62 bits per heavy atom. The Morgan fingerprint density at radius 1 is 1.27 bits per heavy atom. The largest absolute Gasteiger partial charge is 0.352 e. The molecule has 0 unspecified atom stereocenters. The van der Waals surface area contributed by atoms with E-state index in [1.165, 1.54) is 12.8 Å². The predicted molar refractivity (Wildman–Crippen MR) is 101 cm³/mol. The number of rotatable bonds is 4. The SMILES string of the molecule is C[C@@]1(c2cccc(Br)c2)NC(=O)N(CC(=O)NC2CCCCCC2)C1=O. The Kier molecular flexibility index (Phi) is 5.65. The molecule has 2 aliphatic rings. The Labute approximate surface area is 161 Å². The topological polar surface area (TPSA) is 78.5 Å². The number of amides is 4. The highest BCUT2D eigenvalue weighted by molar-refractivity contribution is 9.10. The highest BCUT2D eigenvalue weighted by atomic mass is 79.9. The Balaban J connectivity index is 1.68. The first-order valence-corrected chi connectivity index (χ1v) is 9.89. The molecule has 1 heterocycles. The first-order chi connectivity index (χ1) is 12.4. The fourth-order valence-corrected chi connectivity index (χ4v) is 4.08. The molecule has 3 rings (SSSR count). The second-order valence-electron chi connectivity index (χ2n) is 7.21. The van der Waals surface area contributed by atoms with Crippen molar-refractivity contribution in [2.45, 2.75) is 57.0 Å². The molecule has 4 amide bonds. The summed E-state index contributed by atoms with van der Waals surface area (Å²) in [7, 11) is 0. The number of carbonyl (C=O) groups excluding carboxylic acids is 3. The van der Waals surface area contributed by atoms with E-state index in [1.54, 1.807) is 19.1 Å². The summed E-state index contributed by atoms with van der Waals surface area (Å²) in [5.41, 5.74) is -0.486. The molecule has 0 spiro atoms. The van der Waals surface area contributed by atoms with Crippen LogP contribution in [-0.4, -0.2) is 35.3 Å². The van der Waals surface area contributed by atoms with Gasteiger partial charge in [-0.05, 0) is 37.5 Å². The molecule has 1 aliphatic heterocycles. The van der Waals surface area contributed by atoms with Crippen LogP contribution in [0.5, 0.6) is 0 Å². The third-order valence-corrected chi connectivity index (χ3v) is 5.69. The van der Waals surface area contributed by atoms with Crippen LogP contribution in [0, 0.1) is 0 Å². The maximum absolute atomic E-state index is 12.9. The van der Waals surface area contributed by atoms with Crippen molar-refractivity contribution in [3.05, 3.63) is 34.3 Å². The standard InChI is InChI=1S/C19H24BrN3O3/c1-19(13-7-6-8-14(20)11-13)17(25)23(18(26)22-19)12-16(24)21-15-9-4-2-3-5-10-15/h6-8,11,15H,2-5,9-10,12H2,1H3,(H,21,24)(H,22,26)/t19-/m0/s1. The summed E-state index contributed by atoms with van der Waals surface area (Å²) in [6.07, 6.45) is 6.53. The van der Waals surface area contributed by atoms with Gasteiger partial charge in [0.25, 0.3) is 5.91 Å². The van der Waals surface area contributed by atoms with Gasteiger partial charge in [-0.15, -0.1) is 0 Å². The van der Waals surface area contributed by atoms with Gasteiger partial charge in [0.05, 0.1) is 0 Å². The van der Waals surface area contributed by atoms with Gasteiger partial charge in [-0.2, -0.15) is 0 Å². The number of nitrogens with one attached hydrogen (secondary N) is 2. The van der Waals surface area contributed by atoms with Crippen LogP contribution in [0.2, 0.25) is 0 Å². The minimum absolute atomic E-state index is 0.141. The van der Waals surface area contributed by atoms with Crippen molar-refractivity contribution < 1.29 is 14.4 Å². The van der Waals surface area contributed by atoms with Gasteiger partial charge in [0.1, 0.15) is 12.1 Å². The van der Waals surface area contributed by atoms with Gasteiger partial charge < -0.3 is 10.6 Å². The predicted octanol–water partition coefficient (Wildman–Crippen LogP) is 3.06. The molecule has 1 atom stereocenters. The molecule has 1 saturated heterocycles. The highest BCUT2D eigenvalue weighted by Gasteiger charge is 2.49. The van der Waals surface area contributed by atoms with Crippen LogP contribution < -0.4 is 10.6 Å². The van der Waals surface area contributed by atoms with E-state index in [2.05, 4.69) is 26.6 Å². The molecule has 0 bridgehead atoms. The molecule has 0 aromatic heterocycles. The van der Waals surface area contributed by atoms with Crippen molar-refractivity contribution >= 4 is 33.8 Å². The third kappa shape index (κ3) is 3.92. The fraction of sp³-hybridized carbons (Fsp3) is 0.526. The number of hydrogen-bond donors (Lipinski definition) is 2. The fourth-order valence-electron chi connectivity index (χ4n) is 3.68. The number of nitrogens with zero attached hydrogens (tertiary/aromatic N) is 1. The monoisotopic (exact) mass is 421 g/mol. The smallest absolute Gasteiger partial charge is 0.325 e. The lowest BCUT2D eigenvalue weighted by Gasteiger charge is -2.23. The summed E-state index contributed by atoms with van der Waals surface area (Å²) in [4.78, 5) is 38.6. The molecule has 26 heavy (non-hydrogen) atoms. The summed E-state index contributed by atoms with van der Waals surface area (Å²) >= 11 is 3.38. The number of halogens is 1. The molecule has 2 N–H and O–H groups in total. The van der Waals surface area contributed by atoms with Gasteiger partial charge in [0.15, 0.2) is 0 Å². The van der Waals surface area contributed by atoms with E-state index < -0.39 is 17.5 Å². The van der Waals surface area contributed by atoms with Crippen LogP contribution in [0.3, 0.4) is 0 Å². The molecular weight excluding hydrogens is 398 g/mol. The Bertz CT molecular complexity index is 716. The highest BCUT2D eigenvalue weighted by Crippen LogP contribution is 2.30. The minimum atomic E-state index is -1.16. The van der Waals surface area contributed by atoms with Gasteiger partial charge >= 0.3 is 6.03 Å². The summed E-state index contributed by atoms with van der Waals surface area (Å²) in [5.74, 6) is -0.685. The van der Waals surface area contributed by atoms with Crippen molar-refractivity contribution in [2.24, 2.45) is 0 Å². The van der Waals surface area contributed by atoms with E-state index in [1.807, 2.05) is 12.1 Å². The molecule has 2 fully saturated rings. The molecule has 7 heteroatoms.